The van der Waals surface area contributed by atoms with Gasteiger partial charge < -0.3 is 14.4 Å². The molecule has 1 heterocycles. The molecule has 0 amide bonds. The number of benzene rings is 1. The SMILES string of the molecule is CCN(CC)c1ccc2cc(C=CC(=O)O)c(=O)oc2c1. The maximum absolute atomic E-state index is 11.8. The number of hydrogen-bond donors (Lipinski definition) is 1. The number of carbonyl (C=O) groups is 1. The van der Waals surface area contributed by atoms with Crippen molar-refractivity contribution in [2.45, 2.75) is 13.8 Å². The molecule has 2 aromatic rings. The molecule has 5 heteroatoms. The lowest BCUT2D eigenvalue weighted by atomic mass is 10.1. The molecule has 0 fully saturated rings. The second-order valence-electron chi connectivity index (χ2n) is 4.56. The highest BCUT2D eigenvalue weighted by atomic mass is 16.4. The fourth-order valence-electron chi connectivity index (χ4n) is 2.18. The molecule has 21 heavy (non-hydrogen) atoms. The first kappa shape index (κ1) is 14.8. The van der Waals surface area contributed by atoms with E-state index in [4.69, 9.17) is 9.52 Å². The van der Waals surface area contributed by atoms with Crippen molar-refractivity contribution in [1.82, 2.24) is 0 Å². The number of nitrogens with zero attached hydrogens (tertiary/aromatic N) is 1. The Morgan fingerprint density at radius 3 is 2.62 bits per heavy atom. The number of carboxylic acids is 1. The zero-order valence-electron chi connectivity index (χ0n) is 12.0. The van der Waals surface area contributed by atoms with Crippen LogP contribution < -0.4 is 10.5 Å². The van der Waals surface area contributed by atoms with Gasteiger partial charge in [-0.05, 0) is 38.1 Å². The van der Waals surface area contributed by atoms with E-state index < -0.39 is 11.6 Å². The maximum atomic E-state index is 11.8. The number of carboxylic acid groups (broad SMARTS) is 1. The minimum atomic E-state index is -1.11. The van der Waals surface area contributed by atoms with E-state index in [1.807, 2.05) is 18.2 Å². The van der Waals surface area contributed by atoms with Crippen molar-refractivity contribution >= 4 is 28.7 Å². The van der Waals surface area contributed by atoms with Crippen molar-refractivity contribution < 1.29 is 14.3 Å². The van der Waals surface area contributed by atoms with Gasteiger partial charge in [0.2, 0.25) is 0 Å². The number of aliphatic carboxylic acids is 1. The smallest absolute Gasteiger partial charge is 0.343 e. The fourth-order valence-corrected chi connectivity index (χ4v) is 2.18. The number of anilines is 1. The average molecular weight is 287 g/mol. The van der Waals surface area contributed by atoms with Gasteiger partial charge in [0.1, 0.15) is 5.58 Å². The molecule has 0 aliphatic heterocycles. The van der Waals surface area contributed by atoms with Crippen molar-refractivity contribution in [3.63, 3.8) is 0 Å². The van der Waals surface area contributed by atoms with E-state index in [-0.39, 0.29) is 5.56 Å². The molecular weight excluding hydrogens is 270 g/mol. The molecule has 0 unspecified atom stereocenters. The summed E-state index contributed by atoms with van der Waals surface area (Å²) in [5.74, 6) is -1.11. The predicted molar refractivity (Wildman–Crippen MR) is 82.7 cm³/mol. The lowest BCUT2D eigenvalue weighted by Crippen LogP contribution is -2.21. The molecule has 1 aromatic carbocycles. The average Bonchev–Trinajstić information content (AvgIpc) is 2.46. The summed E-state index contributed by atoms with van der Waals surface area (Å²) < 4.78 is 5.28. The highest BCUT2D eigenvalue weighted by Gasteiger charge is 2.07. The highest BCUT2D eigenvalue weighted by Crippen LogP contribution is 2.22. The zero-order chi connectivity index (χ0) is 15.4. The lowest BCUT2D eigenvalue weighted by Gasteiger charge is -2.20. The van der Waals surface area contributed by atoms with Gasteiger partial charge in [-0.25, -0.2) is 9.59 Å². The lowest BCUT2D eigenvalue weighted by molar-refractivity contribution is -0.131. The third-order valence-electron chi connectivity index (χ3n) is 3.28. The Morgan fingerprint density at radius 2 is 2.00 bits per heavy atom. The zero-order valence-corrected chi connectivity index (χ0v) is 12.0. The van der Waals surface area contributed by atoms with E-state index in [9.17, 15) is 9.59 Å². The Labute approximate surface area is 122 Å². The molecule has 5 nitrogen and oxygen atoms in total. The summed E-state index contributed by atoms with van der Waals surface area (Å²) in [5.41, 5.74) is 1.17. The molecule has 0 radical (unpaired) electrons. The first-order chi connectivity index (χ1) is 10.0. The van der Waals surface area contributed by atoms with E-state index in [0.717, 1.165) is 30.2 Å². The summed E-state index contributed by atoms with van der Waals surface area (Å²) in [7, 11) is 0. The van der Waals surface area contributed by atoms with Gasteiger partial charge >= 0.3 is 11.6 Å². The quantitative estimate of drug-likeness (QED) is 0.676. The van der Waals surface area contributed by atoms with Crippen molar-refractivity contribution in [2.24, 2.45) is 0 Å². The summed E-state index contributed by atoms with van der Waals surface area (Å²) in [6.07, 6.45) is 2.16. The van der Waals surface area contributed by atoms with E-state index in [1.54, 1.807) is 6.07 Å². The number of fused-ring (bicyclic) bond motifs is 1. The van der Waals surface area contributed by atoms with Gasteiger partial charge in [-0.3, -0.25) is 0 Å². The van der Waals surface area contributed by atoms with Crippen LogP contribution in [0.15, 0.2) is 39.6 Å². The molecular formula is C16H17NO4. The van der Waals surface area contributed by atoms with Crippen LogP contribution in [-0.2, 0) is 4.79 Å². The fraction of sp³-hybridized carbons (Fsp3) is 0.250. The third kappa shape index (κ3) is 3.31. The summed E-state index contributed by atoms with van der Waals surface area (Å²) in [5, 5.41) is 9.37. The Bertz CT molecular complexity index is 742. The molecule has 0 aliphatic rings. The summed E-state index contributed by atoms with van der Waals surface area (Å²) in [6.45, 7) is 5.85. The van der Waals surface area contributed by atoms with Crippen LogP contribution in [-0.4, -0.2) is 24.2 Å². The Hall–Kier alpha value is -2.56. The van der Waals surface area contributed by atoms with Gasteiger partial charge in [0.25, 0.3) is 0 Å². The van der Waals surface area contributed by atoms with E-state index in [1.165, 1.54) is 6.08 Å². The molecule has 0 spiro atoms. The maximum Gasteiger partial charge on any atom is 0.343 e. The minimum absolute atomic E-state index is 0.223. The van der Waals surface area contributed by atoms with E-state index in [0.29, 0.717) is 5.58 Å². The molecule has 2 rings (SSSR count). The first-order valence-electron chi connectivity index (χ1n) is 6.79. The van der Waals surface area contributed by atoms with E-state index in [2.05, 4.69) is 18.7 Å². The van der Waals surface area contributed by atoms with Crippen LogP contribution in [0.3, 0.4) is 0 Å². The van der Waals surface area contributed by atoms with Crippen LogP contribution in [0.4, 0.5) is 5.69 Å². The Morgan fingerprint density at radius 1 is 1.29 bits per heavy atom. The predicted octanol–water partition coefficient (Wildman–Crippen LogP) is 2.74. The Kier molecular flexibility index (Phi) is 4.42. The molecule has 110 valence electrons. The van der Waals surface area contributed by atoms with Gasteiger partial charge in [0.15, 0.2) is 0 Å². The van der Waals surface area contributed by atoms with Crippen molar-refractivity contribution in [1.29, 1.82) is 0 Å². The molecule has 1 aromatic heterocycles. The van der Waals surface area contributed by atoms with Gasteiger partial charge in [0, 0.05) is 36.3 Å². The topological polar surface area (TPSA) is 70.8 Å². The van der Waals surface area contributed by atoms with Gasteiger partial charge in [0.05, 0.1) is 5.56 Å². The normalized spacial score (nSPS) is 11.1. The minimum Gasteiger partial charge on any atom is -0.478 e. The molecule has 0 bridgehead atoms. The Balaban J connectivity index is 2.49. The van der Waals surface area contributed by atoms with Crippen molar-refractivity contribution in [2.75, 3.05) is 18.0 Å². The monoisotopic (exact) mass is 287 g/mol. The van der Waals surface area contributed by atoms with Crippen LogP contribution in [0.2, 0.25) is 0 Å². The second-order valence-corrected chi connectivity index (χ2v) is 4.56. The van der Waals surface area contributed by atoms with Gasteiger partial charge in [-0.1, -0.05) is 0 Å². The van der Waals surface area contributed by atoms with Crippen LogP contribution in [0.1, 0.15) is 19.4 Å². The van der Waals surface area contributed by atoms with Crippen LogP contribution in [0.25, 0.3) is 17.0 Å². The highest BCUT2D eigenvalue weighted by molar-refractivity contribution is 5.87. The second kappa shape index (κ2) is 6.26. The molecule has 0 atom stereocenters. The van der Waals surface area contributed by atoms with Crippen molar-refractivity contribution in [3.05, 3.63) is 46.3 Å². The molecule has 0 saturated carbocycles. The van der Waals surface area contributed by atoms with Crippen molar-refractivity contribution in [3.8, 4) is 0 Å². The largest absolute Gasteiger partial charge is 0.478 e. The molecule has 1 N–H and O–H groups in total. The summed E-state index contributed by atoms with van der Waals surface area (Å²) in [6, 6.07) is 7.28. The summed E-state index contributed by atoms with van der Waals surface area (Å²) in [4.78, 5) is 24.5. The van der Waals surface area contributed by atoms with Crippen LogP contribution >= 0.6 is 0 Å². The third-order valence-corrected chi connectivity index (χ3v) is 3.28. The first-order valence-corrected chi connectivity index (χ1v) is 6.79. The molecule has 0 aliphatic carbocycles. The van der Waals surface area contributed by atoms with Gasteiger partial charge in [-0.15, -0.1) is 0 Å². The molecule has 0 saturated heterocycles. The van der Waals surface area contributed by atoms with Crippen LogP contribution in [0, 0.1) is 0 Å². The standard InChI is InChI=1S/C16H17NO4/c1-3-17(4-2)13-7-5-11-9-12(6-8-15(18)19)16(20)21-14(11)10-13/h5-10H,3-4H2,1-2H3,(H,18,19). The van der Waals surface area contributed by atoms with Gasteiger partial charge in [-0.2, -0.15) is 0 Å². The number of hydrogen-bond acceptors (Lipinski definition) is 4. The van der Waals surface area contributed by atoms with E-state index >= 15 is 0 Å². The van der Waals surface area contributed by atoms with Crippen LogP contribution in [0.5, 0.6) is 0 Å². The number of rotatable bonds is 5. The summed E-state index contributed by atoms with van der Waals surface area (Å²) >= 11 is 0.